The molecule has 0 amide bonds. The number of hydrogen-bond donors (Lipinski definition) is 0. The van der Waals surface area contributed by atoms with Crippen LogP contribution < -0.4 is 0 Å². The molecule has 4 saturated carbocycles. The fourth-order valence-electron chi connectivity index (χ4n) is 12.1. The van der Waals surface area contributed by atoms with E-state index >= 15 is 0 Å². The Bertz CT molecular complexity index is 1450. The zero-order valence-electron chi connectivity index (χ0n) is 31.7. The third kappa shape index (κ3) is 9.95. The van der Waals surface area contributed by atoms with E-state index in [2.05, 4.69) is 84.9 Å². The van der Waals surface area contributed by atoms with Gasteiger partial charge in [0.05, 0.1) is 0 Å². The average molecular weight is 671 g/mol. The molecule has 2 aromatic carbocycles. The van der Waals surface area contributed by atoms with E-state index in [-0.39, 0.29) is 0 Å². The number of aryl methyl sites for hydroxylation is 2. The van der Waals surface area contributed by atoms with Gasteiger partial charge in [-0.3, -0.25) is 0 Å². The summed E-state index contributed by atoms with van der Waals surface area (Å²) in [5.74, 6) is 8.12. The van der Waals surface area contributed by atoms with Crippen LogP contribution in [0.3, 0.4) is 0 Å². The van der Waals surface area contributed by atoms with E-state index in [0.717, 1.165) is 47.3 Å². The molecule has 2 aromatic rings. The second-order valence-corrected chi connectivity index (χ2v) is 17.8. The molecule has 8 atom stereocenters. The van der Waals surface area contributed by atoms with Crippen molar-refractivity contribution in [3.05, 3.63) is 96.1 Å². The van der Waals surface area contributed by atoms with Crippen LogP contribution in [0.15, 0.2) is 84.9 Å². The molecule has 0 heteroatoms. The molecule has 0 radical (unpaired) electrons. The van der Waals surface area contributed by atoms with Gasteiger partial charge in [-0.25, -0.2) is 0 Å². The summed E-state index contributed by atoms with van der Waals surface area (Å²) in [6.07, 6.45) is 36.0. The minimum absolute atomic E-state index is 0.917. The van der Waals surface area contributed by atoms with Gasteiger partial charge in [-0.05, 0) is 166 Å². The second-order valence-electron chi connectivity index (χ2n) is 17.8. The Kier molecular flexibility index (Phi) is 13.7. The Morgan fingerprint density at radius 3 is 1.08 bits per heavy atom. The van der Waals surface area contributed by atoms with Crippen molar-refractivity contribution in [1.29, 1.82) is 0 Å². The van der Waals surface area contributed by atoms with Crippen LogP contribution in [0.1, 0.15) is 152 Å². The maximum absolute atomic E-state index is 2.48. The van der Waals surface area contributed by atoms with Gasteiger partial charge in [0.25, 0.3) is 0 Å². The quantitative estimate of drug-likeness (QED) is 0.262. The third-order valence-electron chi connectivity index (χ3n) is 15.1. The summed E-state index contributed by atoms with van der Waals surface area (Å²) in [6.45, 7) is 0. The van der Waals surface area contributed by atoms with E-state index in [1.807, 2.05) is 0 Å². The van der Waals surface area contributed by atoms with Crippen molar-refractivity contribution in [3.63, 3.8) is 0 Å². The maximum atomic E-state index is 2.48. The normalized spacial score (nSPS) is 32.5. The Morgan fingerprint density at radius 2 is 0.580 bits per heavy atom. The monoisotopic (exact) mass is 671 g/mol. The smallest absolute Gasteiger partial charge is 0.0184 e. The molecule has 0 aliphatic heterocycles. The number of fused-ring (bicyclic) bond motifs is 6. The minimum atomic E-state index is 0.917. The van der Waals surface area contributed by atoms with E-state index in [1.165, 1.54) is 101 Å². The highest BCUT2D eigenvalue weighted by Gasteiger charge is 2.36. The van der Waals surface area contributed by atoms with Gasteiger partial charge in [0.1, 0.15) is 0 Å². The van der Waals surface area contributed by atoms with Gasteiger partial charge < -0.3 is 0 Å². The van der Waals surface area contributed by atoms with Crippen LogP contribution in [-0.2, 0) is 12.8 Å². The van der Waals surface area contributed by atoms with Crippen LogP contribution in [0, 0.1) is 47.3 Å². The van der Waals surface area contributed by atoms with E-state index in [0.29, 0.717) is 0 Å². The molecule has 0 bridgehead atoms. The molecule has 0 nitrogen and oxygen atoms in total. The van der Waals surface area contributed by atoms with Crippen molar-refractivity contribution in [3.8, 4) is 0 Å². The zero-order valence-corrected chi connectivity index (χ0v) is 31.7. The molecule has 8 unspecified atom stereocenters. The summed E-state index contributed by atoms with van der Waals surface area (Å²) in [6, 6.07) is 31.5. The summed E-state index contributed by atoms with van der Waals surface area (Å²) in [5.41, 5.74) is 3.19. The first-order valence-electron chi connectivity index (χ1n) is 22.0. The van der Waals surface area contributed by atoms with E-state index in [9.17, 15) is 0 Å². The minimum Gasteiger partial charge on any atom is -0.0623 e. The second kappa shape index (κ2) is 18.9. The van der Waals surface area contributed by atoms with Crippen molar-refractivity contribution >= 4 is 10.8 Å². The molecule has 0 N–H and O–H groups in total. The van der Waals surface area contributed by atoms with Gasteiger partial charge in [-0.15, -0.1) is 0 Å². The molecule has 7 rings (SSSR count). The van der Waals surface area contributed by atoms with Crippen LogP contribution in [-0.4, -0.2) is 0 Å². The predicted molar refractivity (Wildman–Crippen MR) is 216 cm³/mol. The summed E-state index contributed by atoms with van der Waals surface area (Å²) in [7, 11) is 0. The van der Waals surface area contributed by atoms with Crippen molar-refractivity contribution in [2.45, 2.75) is 154 Å². The fraction of sp³-hybridized carbons (Fsp3) is 0.640. The van der Waals surface area contributed by atoms with Crippen molar-refractivity contribution < 1.29 is 0 Å². The Balaban J connectivity index is 1.04. The van der Waals surface area contributed by atoms with E-state index in [4.69, 9.17) is 0 Å². The molecule has 0 spiro atoms. The van der Waals surface area contributed by atoms with Gasteiger partial charge in [0.15, 0.2) is 0 Å². The molecular weight excluding hydrogens is 601 g/mol. The predicted octanol–water partition coefficient (Wildman–Crippen LogP) is 14.8. The molecule has 270 valence electrons. The van der Waals surface area contributed by atoms with Crippen LogP contribution in [0.5, 0.6) is 0 Å². The van der Waals surface area contributed by atoms with E-state index < -0.39 is 0 Å². The summed E-state index contributed by atoms with van der Waals surface area (Å²) >= 11 is 0. The highest BCUT2D eigenvalue weighted by atomic mass is 14.4. The van der Waals surface area contributed by atoms with Crippen molar-refractivity contribution in [1.82, 2.24) is 0 Å². The average Bonchev–Trinajstić information content (AvgIpc) is 3.23. The zero-order chi connectivity index (χ0) is 33.8. The highest BCUT2D eigenvalue weighted by molar-refractivity contribution is 5.80. The number of rotatable bonds is 0. The first-order valence-corrected chi connectivity index (χ1v) is 22.0. The van der Waals surface area contributed by atoms with Crippen molar-refractivity contribution in [2.24, 2.45) is 47.3 Å². The third-order valence-corrected chi connectivity index (χ3v) is 15.1. The first kappa shape index (κ1) is 36.0. The molecule has 50 heavy (non-hydrogen) atoms. The van der Waals surface area contributed by atoms with Gasteiger partial charge >= 0.3 is 0 Å². The standard InChI is InChI=1S/C50H70/c1-2-4-8-16-40-20-13-25-45-29-31-47-35-36-48-37-38-50-33-28-44-18-10-6-5-9-17-43(44)27-32-49(50)34-30-46(48)26-14-24-42(47)23-12-22-41(45)21-11-19-39(40)15-7-3-1/h1-4,7-8,11,13,15-16,19-21,25,42-44,46-50H,5-6,9-10,12,14,17-18,22-24,26-38H2. The highest BCUT2D eigenvalue weighted by Crippen LogP contribution is 2.48. The lowest BCUT2D eigenvalue weighted by Crippen LogP contribution is -2.29. The Morgan fingerprint density at radius 1 is 0.240 bits per heavy atom. The first-order chi connectivity index (χ1) is 24.8. The molecule has 5 aliphatic rings. The van der Waals surface area contributed by atoms with Crippen molar-refractivity contribution in [2.75, 3.05) is 0 Å². The largest absolute Gasteiger partial charge is 0.0623 e. The molecular formula is C50H70. The van der Waals surface area contributed by atoms with Gasteiger partial charge in [-0.2, -0.15) is 0 Å². The van der Waals surface area contributed by atoms with Gasteiger partial charge in [0.2, 0.25) is 0 Å². The van der Waals surface area contributed by atoms with Gasteiger partial charge in [0, 0.05) is 0 Å². The Labute approximate surface area is 307 Å². The molecule has 4 fully saturated rings. The lowest BCUT2D eigenvalue weighted by atomic mass is 9.65. The van der Waals surface area contributed by atoms with Crippen LogP contribution in [0.4, 0.5) is 0 Å². The van der Waals surface area contributed by atoms with Crippen LogP contribution >= 0.6 is 0 Å². The summed E-state index contributed by atoms with van der Waals surface area (Å²) < 4.78 is 0. The molecule has 0 heterocycles. The van der Waals surface area contributed by atoms with Crippen LogP contribution in [0.2, 0.25) is 0 Å². The Hall–Kier alpha value is -2.34. The topological polar surface area (TPSA) is 0 Å². The molecule has 0 aromatic heterocycles. The summed E-state index contributed by atoms with van der Waals surface area (Å²) in [4.78, 5) is 0. The summed E-state index contributed by atoms with van der Waals surface area (Å²) in [5, 5.41) is 2.54. The molecule has 5 aliphatic carbocycles. The van der Waals surface area contributed by atoms with E-state index in [1.54, 1.807) is 75.3 Å². The van der Waals surface area contributed by atoms with Gasteiger partial charge in [-0.1, -0.05) is 143 Å². The maximum Gasteiger partial charge on any atom is -0.0184 e. The SMILES string of the molecule is c1ccccc2cccc3c(cccc2ccc1)CCCC1CCCC2CCC4CCC5CCCCCCC5CCC4CCC2CCC1CC3. The lowest BCUT2D eigenvalue weighted by Gasteiger charge is -2.41. The van der Waals surface area contributed by atoms with Crippen LogP contribution in [0.25, 0.3) is 10.8 Å². The number of hydrogen-bond acceptors (Lipinski definition) is 0. The lowest BCUT2D eigenvalue weighted by molar-refractivity contribution is 0.106. The molecule has 0 saturated heterocycles. The fourth-order valence-corrected chi connectivity index (χ4v) is 12.1.